The maximum absolute atomic E-state index is 11.2. The fourth-order valence-electron chi connectivity index (χ4n) is 1.03. The number of carbonyl (C=O) groups is 1. The van der Waals surface area contributed by atoms with Gasteiger partial charge in [-0.1, -0.05) is 0 Å². The summed E-state index contributed by atoms with van der Waals surface area (Å²) < 4.78 is 4.96. The van der Waals surface area contributed by atoms with Gasteiger partial charge in [0.1, 0.15) is 6.61 Å². The molecule has 0 saturated heterocycles. The first-order valence-corrected chi connectivity index (χ1v) is 4.88. The summed E-state index contributed by atoms with van der Waals surface area (Å²) in [5, 5.41) is 11.3. The van der Waals surface area contributed by atoms with Gasteiger partial charge in [-0.2, -0.15) is 0 Å². The van der Waals surface area contributed by atoms with Crippen LogP contribution in [-0.4, -0.2) is 43.4 Å². The van der Waals surface area contributed by atoms with Crippen molar-refractivity contribution in [1.82, 2.24) is 5.32 Å². The standard InChI is InChI=1S/C9H20N2O3/c1-8(3-2-5-12)11-9(13)7-14-6-4-10/h8,12H,2-7,10H2,1H3,(H,11,13). The molecule has 0 spiro atoms. The number of hydrogen-bond acceptors (Lipinski definition) is 4. The van der Waals surface area contributed by atoms with Crippen LogP contribution in [0, 0.1) is 0 Å². The number of amides is 1. The summed E-state index contributed by atoms with van der Waals surface area (Å²) in [4.78, 5) is 11.2. The largest absolute Gasteiger partial charge is 0.396 e. The molecule has 0 aliphatic carbocycles. The van der Waals surface area contributed by atoms with Crippen molar-refractivity contribution in [3.63, 3.8) is 0 Å². The van der Waals surface area contributed by atoms with Crippen molar-refractivity contribution in [3.05, 3.63) is 0 Å². The highest BCUT2D eigenvalue weighted by Crippen LogP contribution is 1.94. The Hall–Kier alpha value is -0.650. The smallest absolute Gasteiger partial charge is 0.246 e. The zero-order valence-corrected chi connectivity index (χ0v) is 8.66. The molecule has 4 N–H and O–H groups in total. The Bertz CT molecular complexity index is 153. The first kappa shape index (κ1) is 13.4. The molecule has 0 radical (unpaired) electrons. The molecule has 0 aromatic heterocycles. The minimum absolute atomic E-state index is 0.0562. The molecule has 0 saturated carbocycles. The molecule has 84 valence electrons. The summed E-state index contributed by atoms with van der Waals surface area (Å²) >= 11 is 0. The van der Waals surface area contributed by atoms with E-state index < -0.39 is 0 Å². The van der Waals surface area contributed by atoms with Crippen molar-refractivity contribution in [2.75, 3.05) is 26.4 Å². The molecule has 5 heteroatoms. The van der Waals surface area contributed by atoms with Crippen LogP contribution in [0.5, 0.6) is 0 Å². The zero-order chi connectivity index (χ0) is 10.8. The summed E-state index contributed by atoms with van der Waals surface area (Å²) in [5.41, 5.74) is 5.20. The Morgan fingerprint density at radius 2 is 2.36 bits per heavy atom. The van der Waals surface area contributed by atoms with Crippen LogP contribution in [0.15, 0.2) is 0 Å². The molecule has 0 heterocycles. The van der Waals surface area contributed by atoms with E-state index in [4.69, 9.17) is 15.6 Å². The van der Waals surface area contributed by atoms with Crippen LogP contribution in [0.25, 0.3) is 0 Å². The van der Waals surface area contributed by atoms with E-state index in [-0.39, 0.29) is 25.2 Å². The molecule has 0 aliphatic rings. The molecule has 1 atom stereocenters. The first-order chi connectivity index (χ1) is 6.70. The SMILES string of the molecule is CC(CCCO)NC(=O)COCCN. The lowest BCUT2D eigenvalue weighted by atomic mass is 10.2. The lowest BCUT2D eigenvalue weighted by Crippen LogP contribution is -2.35. The van der Waals surface area contributed by atoms with Crippen molar-refractivity contribution < 1.29 is 14.6 Å². The minimum Gasteiger partial charge on any atom is -0.396 e. The van der Waals surface area contributed by atoms with Gasteiger partial charge in [-0.15, -0.1) is 0 Å². The van der Waals surface area contributed by atoms with Crippen LogP contribution in [0.2, 0.25) is 0 Å². The second-order valence-corrected chi connectivity index (χ2v) is 3.18. The number of hydrogen-bond donors (Lipinski definition) is 3. The fraction of sp³-hybridized carbons (Fsp3) is 0.889. The van der Waals surface area contributed by atoms with Gasteiger partial charge in [0.15, 0.2) is 0 Å². The van der Waals surface area contributed by atoms with Crippen molar-refractivity contribution >= 4 is 5.91 Å². The summed E-state index contributed by atoms with van der Waals surface area (Å²) in [7, 11) is 0. The number of rotatable bonds is 8. The monoisotopic (exact) mass is 204 g/mol. The van der Waals surface area contributed by atoms with E-state index in [0.717, 1.165) is 6.42 Å². The van der Waals surface area contributed by atoms with E-state index in [2.05, 4.69) is 5.32 Å². The van der Waals surface area contributed by atoms with Gasteiger partial charge in [-0.3, -0.25) is 4.79 Å². The van der Waals surface area contributed by atoms with Gasteiger partial charge in [0, 0.05) is 19.2 Å². The van der Waals surface area contributed by atoms with Crippen molar-refractivity contribution in [3.8, 4) is 0 Å². The molecule has 5 nitrogen and oxygen atoms in total. The summed E-state index contributed by atoms with van der Waals surface area (Å²) in [6, 6.07) is 0.0797. The number of carbonyl (C=O) groups excluding carboxylic acids is 1. The summed E-state index contributed by atoms with van der Waals surface area (Å²) in [6.45, 7) is 2.94. The number of ether oxygens (including phenoxy) is 1. The molecule has 0 aromatic carbocycles. The van der Waals surface area contributed by atoms with Crippen molar-refractivity contribution in [2.45, 2.75) is 25.8 Å². The van der Waals surface area contributed by atoms with Gasteiger partial charge >= 0.3 is 0 Å². The van der Waals surface area contributed by atoms with E-state index in [9.17, 15) is 4.79 Å². The topological polar surface area (TPSA) is 84.6 Å². The highest BCUT2D eigenvalue weighted by atomic mass is 16.5. The van der Waals surface area contributed by atoms with Crippen LogP contribution >= 0.6 is 0 Å². The lowest BCUT2D eigenvalue weighted by Gasteiger charge is -2.12. The van der Waals surface area contributed by atoms with E-state index >= 15 is 0 Å². The van der Waals surface area contributed by atoms with Gasteiger partial charge in [-0.25, -0.2) is 0 Å². The molecular weight excluding hydrogens is 184 g/mol. The highest BCUT2D eigenvalue weighted by Gasteiger charge is 2.06. The molecule has 1 unspecified atom stereocenters. The number of nitrogens with one attached hydrogen (secondary N) is 1. The lowest BCUT2D eigenvalue weighted by molar-refractivity contribution is -0.126. The molecule has 0 fully saturated rings. The third kappa shape index (κ3) is 7.97. The summed E-state index contributed by atoms with van der Waals surface area (Å²) in [6.07, 6.45) is 1.48. The Balaban J connectivity index is 3.40. The molecule has 14 heavy (non-hydrogen) atoms. The molecule has 0 bridgehead atoms. The fourth-order valence-corrected chi connectivity index (χ4v) is 1.03. The molecular formula is C9H20N2O3. The number of aliphatic hydroxyl groups is 1. The predicted molar refractivity (Wildman–Crippen MR) is 53.8 cm³/mol. The van der Waals surface area contributed by atoms with Crippen LogP contribution in [-0.2, 0) is 9.53 Å². The quantitative estimate of drug-likeness (QED) is 0.454. The Morgan fingerprint density at radius 1 is 1.64 bits per heavy atom. The molecule has 0 aliphatic heterocycles. The van der Waals surface area contributed by atoms with E-state index in [1.807, 2.05) is 6.92 Å². The third-order valence-electron chi connectivity index (χ3n) is 1.70. The van der Waals surface area contributed by atoms with Gasteiger partial charge in [0.25, 0.3) is 0 Å². The average Bonchev–Trinajstić information content (AvgIpc) is 2.15. The second-order valence-electron chi connectivity index (χ2n) is 3.18. The number of aliphatic hydroxyl groups excluding tert-OH is 1. The number of nitrogens with two attached hydrogens (primary N) is 1. The minimum atomic E-state index is -0.135. The second kappa shape index (κ2) is 8.93. The first-order valence-electron chi connectivity index (χ1n) is 4.88. The normalized spacial score (nSPS) is 12.5. The molecule has 0 aromatic rings. The van der Waals surface area contributed by atoms with Gasteiger partial charge in [0.05, 0.1) is 6.61 Å². The zero-order valence-electron chi connectivity index (χ0n) is 8.66. The van der Waals surface area contributed by atoms with Crippen LogP contribution in [0.1, 0.15) is 19.8 Å². The van der Waals surface area contributed by atoms with Crippen molar-refractivity contribution in [1.29, 1.82) is 0 Å². The summed E-state index contributed by atoms with van der Waals surface area (Å²) in [5.74, 6) is -0.135. The highest BCUT2D eigenvalue weighted by molar-refractivity contribution is 5.77. The maximum atomic E-state index is 11.2. The van der Waals surface area contributed by atoms with E-state index in [0.29, 0.717) is 19.6 Å². The van der Waals surface area contributed by atoms with E-state index in [1.165, 1.54) is 0 Å². The van der Waals surface area contributed by atoms with Crippen molar-refractivity contribution in [2.24, 2.45) is 5.73 Å². The predicted octanol–water partition coefficient (Wildman–Crippen LogP) is -0.761. The third-order valence-corrected chi connectivity index (χ3v) is 1.70. The maximum Gasteiger partial charge on any atom is 0.246 e. The van der Waals surface area contributed by atoms with Gasteiger partial charge < -0.3 is 20.9 Å². The van der Waals surface area contributed by atoms with Crippen LogP contribution in [0.3, 0.4) is 0 Å². The average molecular weight is 204 g/mol. The van der Waals surface area contributed by atoms with Gasteiger partial charge in [0.2, 0.25) is 5.91 Å². The Labute approximate surface area is 84.6 Å². The van der Waals surface area contributed by atoms with E-state index in [1.54, 1.807) is 0 Å². The van der Waals surface area contributed by atoms with Gasteiger partial charge in [-0.05, 0) is 19.8 Å². The molecule has 1 amide bonds. The molecule has 0 rings (SSSR count). The Morgan fingerprint density at radius 3 is 2.93 bits per heavy atom. The van der Waals surface area contributed by atoms with Crippen LogP contribution < -0.4 is 11.1 Å². The van der Waals surface area contributed by atoms with Crippen LogP contribution in [0.4, 0.5) is 0 Å². The Kier molecular flexibility index (Phi) is 8.51.